The predicted molar refractivity (Wildman–Crippen MR) is 22.0 cm³/mol. The maximum atomic E-state index is 8.52. The molecule has 8 heavy (non-hydrogen) atoms. The molecular formula is C4H10Cl2FeO. The van der Waals surface area contributed by atoms with Gasteiger partial charge >= 0.3 is 17.1 Å². The summed E-state index contributed by atoms with van der Waals surface area (Å²) in [6, 6.07) is 0. The van der Waals surface area contributed by atoms with Gasteiger partial charge in [0.25, 0.3) is 0 Å². The van der Waals surface area contributed by atoms with Gasteiger partial charge in [0.2, 0.25) is 0 Å². The van der Waals surface area contributed by atoms with Crippen LogP contribution in [0.2, 0.25) is 0 Å². The third-order valence-electron chi connectivity index (χ3n) is 0. The molecule has 0 aliphatic heterocycles. The SMILES string of the molecule is CC(C)(C)O.[Cl-].[Cl-].[Fe+2]. The number of hydrogen-bond donors (Lipinski definition) is 1. The quantitative estimate of drug-likeness (QED) is 0.388. The van der Waals surface area contributed by atoms with Crippen LogP contribution in [-0.4, -0.2) is 10.7 Å². The summed E-state index contributed by atoms with van der Waals surface area (Å²) >= 11 is 0. The van der Waals surface area contributed by atoms with Gasteiger partial charge in [-0.2, -0.15) is 0 Å². The zero-order valence-electron chi connectivity index (χ0n) is 5.06. The molecule has 0 saturated heterocycles. The Morgan fingerprint density at radius 2 is 1.00 bits per heavy atom. The second-order valence-corrected chi connectivity index (χ2v) is 2.17. The third-order valence-corrected chi connectivity index (χ3v) is 0. The second-order valence-electron chi connectivity index (χ2n) is 2.17. The van der Waals surface area contributed by atoms with Crippen molar-refractivity contribution in [2.75, 3.05) is 0 Å². The maximum absolute atomic E-state index is 8.52. The van der Waals surface area contributed by atoms with Crippen LogP contribution in [0.5, 0.6) is 0 Å². The Bertz CT molecular complexity index is 29.5. The Kier molecular flexibility index (Phi) is 23.2. The molecule has 0 amide bonds. The van der Waals surface area contributed by atoms with E-state index in [1.54, 1.807) is 20.8 Å². The molecule has 0 aromatic heterocycles. The molecule has 0 bridgehead atoms. The van der Waals surface area contributed by atoms with Crippen LogP contribution in [0.3, 0.4) is 0 Å². The van der Waals surface area contributed by atoms with E-state index in [1.807, 2.05) is 0 Å². The molecule has 0 heterocycles. The summed E-state index contributed by atoms with van der Waals surface area (Å²) in [5.41, 5.74) is -0.500. The predicted octanol–water partition coefficient (Wildman–Crippen LogP) is -5.22. The smallest absolute Gasteiger partial charge is 1.00 e. The van der Waals surface area contributed by atoms with E-state index in [2.05, 4.69) is 0 Å². The van der Waals surface area contributed by atoms with Gasteiger partial charge in [0.15, 0.2) is 0 Å². The Morgan fingerprint density at radius 3 is 1.00 bits per heavy atom. The van der Waals surface area contributed by atoms with E-state index in [0.717, 1.165) is 0 Å². The molecule has 4 heteroatoms. The first-order chi connectivity index (χ1) is 2.00. The van der Waals surface area contributed by atoms with Crippen LogP contribution in [0.1, 0.15) is 20.8 Å². The Balaban J connectivity index is -0.0000000267. The Hall–Kier alpha value is 1.06. The molecule has 0 aromatic rings. The van der Waals surface area contributed by atoms with E-state index in [-0.39, 0.29) is 41.9 Å². The van der Waals surface area contributed by atoms with Crippen molar-refractivity contribution in [3.8, 4) is 0 Å². The largest absolute Gasteiger partial charge is 2.00 e. The van der Waals surface area contributed by atoms with Gasteiger partial charge in [0.1, 0.15) is 0 Å². The monoisotopic (exact) mass is 200 g/mol. The number of rotatable bonds is 0. The first kappa shape index (κ1) is 23.0. The molecule has 0 rings (SSSR count). The van der Waals surface area contributed by atoms with Crippen molar-refractivity contribution in [1.82, 2.24) is 0 Å². The van der Waals surface area contributed by atoms with Crippen LogP contribution in [0.15, 0.2) is 0 Å². The summed E-state index contributed by atoms with van der Waals surface area (Å²) in [6.07, 6.45) is 0. The summed E-state index contributed by atoms with van der Waals surface area (Å²) in [5, 5.41) is 8.52. The minimum atomic E-state index is -0.500. The Labute approximate surface area is 73.5 Å². The molecule has 0 aliphatic rings. The molecule has 0 radical (unpaired) electrons. The minimum Gasteiger partial charge on any atom is -1.00 e. The maximum Gasteiger partial charge on any atom is 2.00 e. The molecule has 1 N–H and O–H groups in total. The normalized spacial score (nSPS) is 7.50. The average molecular weight is 201 g/mol. The van der Waals surface area contributed by atoms with E-state index >= 15 is 0 Å². The number of aliphatic hydroxyl groups is 1. The summed E-state index contributed by atoms with van der Waals surface area (Å²) < 4.78 is 0. The molecule has 0 aromatic carbocycles. The molecule has 0 atom stereocenters. The van der Waals surface area contributed by atoms with Crippen LogP contribution >= 0.6 is 0 Å². The van der Waals surface area contributed by atoms with Crippen molar-refractivity contribution < 1.29 is 47.0 Å². The van der Waals surface area contributed by atoms with Gasteiger partial charge < -0.3 is 29.9 Å². The van der Waals surface area contributed by atoms with Crippen LogP contribution in [-0.2, 0) is 17.1 Å². The number of halogens is 2. The van der Waals surface area contributed by atoms with E-state index in [4.69, 9.17) is 5.11 Å². The van der Waals surface area contributed by atoms with Crippen molar-refractivity contribution in [3.63, 3.8) is 0 Å². The van der Waals surface area contributed by atoms with Crippen LogP contribution in [0.4, 0.5) is 0 Å². The fraction of sp³-hybridized carbons (Fsp3) is 1.00. The fourth-order valence-corrected chi connectivity index (χ4v) is 0. The van der Waals surface area contributed by atoms with Gasteiger partial charge in [-0.15, -0.1) is 0 Å². The first-order valence-electron chi connectivity index (χ1n) is 1.72. The molecule has 0 fully saturated rings. The first-order valence-corrected chi connectivity index (χ1v) is 1.72. The summed E-state index contributed by atoms with van der Waals surface area (Å²) in [7, 11) is 0. The van der Waals surface area contributed by atoms with E-state index in [1.165, 1.54) is 0 Å². The van der Waals surface area contributed by atoms with Crippen molar-refractivity contribution >= 4 is 0 Å². The minimum absolute atomic E-state index is 0. The zero-order valence-corrected chi connectivity index (χ0v) is 7.67. The summed E-state index contributed by atoms with van der Waals surface area (Å²) in [5.74, 6) is 0. The van der Waals surface area contributed by atoms with Gasteiger partial charge in [-0.25, -0.2) is 0 Å². The molecule has 0 saturated carbocycles. The van der Waals surface area contributed by atoms with Crippen LogP contribution < -0.4 is 24.8 Å². The zero-order chi connectivity index (χ0) is 4.50. The average Bonchev–Trinajstić information content (AvgIpc) is 0.722. The molecule has 1 nitrogen and oxygen atoms in total. The van der Waals surface area contributed by atoms with E-state index in [9.17, 15) is 0 Å². The van der Waals surface area contributed by atoms with Crippen molar-refractivity contribution in [2.24, 2.45) is 0 Å². The van der Waals surface area contributed by atoms with Gasteiger partial charge in [-0.1, -0.05) is 0 Å². The van der Waals surface area contributed by atoms with E-state index in [0.29, 0.717) is 0 Å². The third kappa shape index (κ3) is 231. The summed E-state index contributed by atoms with van der Waals surface area (Å²) in [4.78, 5) is 0. The van der Waals surface area contributed by atoms with Gasteiger partial charge in [-0.05, 0) is 20.8 Å². The molecule has 54 valence electrons. The van der Waals surface area contributed by atoms with Crippen molar-refractivity contribution in [2.45, 2.75) is 26.4 Å². The Morgan fingerprint density at radius 1 is 1.00 bits per heavy atom. The van der Waals surface area contributed by atoms with Gasteiger partial charge in [0, 0.05) is 0 Å². The van der Waals surface area contributed by atoms with Crippen LogP contribution in [0.25, 0.3) is 0 Å². The molecule has 0 aliphatic carbocycles. The standard InChI is InChI=1S/C4H10O.2ClH.Fe/c1-4(2,3)5;;;/h5H,1-3H3;2*1H;/q;;;+2/p-2. The topological polar surface area (TPSA) is 20.2 Å². The second kappa shape index (κ2) is 8.06. The van der Waals surface area contributed by atoms with Crippen molar-refractivity contribution in [3.05, 3.63) is 0 Å². The van der Waals surface area contributed by atoms with Crippen molar-refractivity contribution in [1.29, 1.82) is 0 Å². The number of hydrogen-bond acceptors (Lipinski definition) is 1. The fourth-order valence-electron chi connectivity index (χ4n) is 0. The van der Waals surface area contributed by atoms with Gasteiger partial charge in [-0.3, -0.25) is 0 Å². The summed E-state index contributed by atoms with van der Waals surface area (Å²) in [6.45, 7) is 5.23. The van der Waals surface area contributed by atoms with Crippen LogP contribution in [0, 0.1) is 0 Å². The van der Waals surface area contributed by atoms with Gasteiger partial charge in [0.05, 0.1) is 5.60 Å². The molecule has 0 spiro atoms. The molecule has 0 unspecified atom stereocenters. The van der Waals surface area contributed by atoms with E-state index < -0.39 is 5.60 Å². The molecular weight excluding hydrogens is 191 g/mol.